The van der Waals surface area contributed by atoms with Crippen LogP contribution in [0.25, 0.3) is 10.9 Å². The fourth-order valence-corrected chi connectivity index (χ4v) is 4.09. The summed E-state index contributed by atoms with van der Waals surface area (Å²) in [6, 6.07) is 12.2. The van der Waals surface area contributed by atoms with Crippen LogP contribution in [0.1, 0.15) is 47.7 Å². The number of hydrogen-bond acceptors (Lipinski definition) is 5. The molecule has 3 N–H and O–H groups in total. The highest BCUT2D eigenvalue weighted by molar-refractivity contribution is 5.99. The summed E-state index contributed by atoms with van der Waals surface area (Å²) in [5.41, 5.74) is 4.02. The molecular formula is C28H26F2N6O. The molecule has 2 heterocycles. The number of carbonyl (C=O) groups is 1. The van der Waals surface area contributed by atoms with Crippen LogP contribution in [0.4, 0.5) is 26.0 Å². The Labute approximate surface area is 213 Å². The Morgan fingerprint density at radius 2 is 1.95 bits per heavy atom. The van der Waals surface area contributed by atoms with Gasteiger partial charge in [-0.2, -0.15) is 5.26 Å². The van der Waals surface area contributed by atoms with E-state index in [9.17, 15) is 18.8 Å². The number of halogens is 2. The van der Waals surface area contributed by atoms with Crippen molar-refractivity contribution in [3.05, 3.63) is 89.5 Å². The van der Waals surface area contributed by atoms with E-state index in [1.807, 2.05) is 6.07 Å². The van der Waals surface area contributed by atoms with Crippen molar-refractivity contribution in [2.45, 2.75) is 39.0 Å². The van der Waals surface area contributed by atoms with Gasteiger partial charge in [-0.25, -0.2) is 18.7 Å². The van der Waals surface area contributed by atoms with Gasteiger partial charge in [-0.05, 0) is 68.7 Å². The molecule has 2 aromatic carbocycles. The second kappa shape index (κ2) is 11.0. The van der Waals surface area contributed by atoms with Gasteiger partial charge in [-0.15, -0.1) is 0 Å². The molecule has 5 rings (SSSR count). The highest BCUT2D eigenvalue weighted by Crippen LogP contribution is 2.38. The number of benzene rings is 2. The van der Waals surface area contributed by atoms with Crippen LogP contribution in [0.3, 0.4) is 0 Å². The van der Waals surface area contributed by atoms with E-state index >= 15 is 0 Å². The van der Waals surface area contributed by atoms with Crippen LogP contribution in [0.5, 0.6) is 0 Å². The van der Waals surface area contributed by atoms with E-state index in [4.69, 9.17) is 0 Å². The van der Waals surface area contributed by atoms with Crippen molar-refractivity contribution < 1.29 is 13.6 Å². The zero-order chi connectivity index (χ0) is 26.5. The van der Waals surface area contributed by atoms with Crippen LogP contribution in [0.2, 0.25) is 0 Å². The monoisotopic (exact) mass is 500 g/mol. The Kier molecular flexibility index (Phi) is 7.58. The second-order valence-electron chi connectivity index (χ2n) is 8.85. The molecule has 4 aromatic rings. The number of aromatic amines is 1. The molecular weight excluding hydrogens is 474 g/mol. The first-order valence-corrected chi connectivity index (χ1v) is 11.8. The quantitative estimate of drug-likeness (QED) is 0.270. The Balaban J connectivity index is 0.000000207. The topological polar surface area (TPSA) is 106 Å². The molecule has 0 atom stereocenters. The number of carbonyl (C=O) groups excluding carboxylic acids is 1. The predicted octanol–water partition coefficient (Wildman–Crippen LogP) is 6.55. The van der Waals surface area contributed by atoms with Gasteiger partial charge in [0, 0.05) is 28.4 Å². The Morgan fingerprint density at radius 3 is 2.62 bits per heavy atom. The van der Waals surface area contributed by atoms with Gasteiger partial charge in [0.1, 0.15) is 29.6 Å². The summed E-state index contributed by atoms with van der Waals surface area (Å²) in [7, 11) is 0. The summed E-state index contributed by atoms with van der Waals surface area (Å²) < 4.78 is 26.6. The zero-order valence-electron chi connectivity index (χ0n) is 20.5. The third-order valence-electron chi connectivity index (χ3n) is 6.18. The smallest absolute Gasteiger partial charge is 0.247 e. The van der Waals surface area contributed by atoms with Crippen molar-refractivity contribution in [3.8, 4) is 6.07 Å². The maximum atomic E-state index is 13.4. The lowest BCUT2D eigenvalue weighted by molar-refractivity contribution is -0.111. The van der Waals surface area contributed by atoms with Gasteiger partial charge >= 0.3 is 0 Å². The Morgan fingerprint density at radius 1 is 1.19 bits per heavy atom. The number of nitrogens with one attached hydrogen (secondary N) is 3. The number of hydrogen-bond donors (Lipinski definition) is 3. The summed E-state index contributed by atoms with van der Waals surface area (Å²) >= 11 is 0. The number of nitriles is 1. The second-order valence-corrected chi connectivity index (χ2v) is 8.85. The van der Waals surface area contributed by atoms with E-state index in [1.54, 1.807) is 38.1 Å². The van der Waals surface area contributed by atoms with E-state index in [2.05, 4.69) is 38.2 Å². The van der Waals surface area contributed by atoms with E-state index < -0.39 is 5.82 Å². The molecule has 1 fully saturated rings. The van der Waals surface area contributed by atoms with Crippen LogP contribution < -0.4 is 10.6 Å². The number of aryl methyl sites for hydroxylation is 2. The molecule has 2 aromatic heterocycles. The van der Waals surface area contributed by atoms with E-state index in [-0.39, 0.29) is 17.2 Å². The molecule has 0 aliphatic heterocycles. The highest BCUT2D eigenvalue weighted by Gasteiger charge is 2.25. The third-order valence-corrected chi connectivity index (χ3v) is 6.18. The predicted molar refractivity (Wildman–Crippen MR) is 140 cm³/mol. The highest BCUT2D eigenvalue weighted by atomic mass is 19.1. The van der Waals surface area contributed by atoms with Crippen molar-refractivity contribution in [2.75, 3.05) is 10.6 Å². The lowest BCUT2D eigenvalue weighted by atomic mass is 9.81. The van der Waals surface area contributed by atoms with E-state index in [1.165, 1.54) is 24.9 Å². The minimum Gasteiger partial charge on any atom is -0.356 e. The lowest BCUT2D eigenvalue weighted by Crippen LogP contribution is -2.14. The zero-order valence-corrected chi connectivity index (χ0v) is 20.5. The van der Waals surface area contributed by atoms with Gasteiger partial charge in [0.05, 0.1) is 11.2 Å². The van der Waals surface area contributed by atoms with E-state index in [0.717, 1.165) is 29.9 Å². The number of H-pyrrole nitrogens is 1. The number of nitrogens with zero attached hydrogens (tertiary/aromatic N) is 3. The van der Waals surface area contributed by atoms with Gasteiger partial charge in [0.2, 0.25) is 5.91 Å². The van der Waals surface area contributed by atoms with Gasteiger partial charge < -0.3 is 15.6 Å². The van der Waals surface area contributed by atoms with Crippen molar-refractivity contribution in [2.24, 2.45) is 0 Å². The fraction of sp³-hybridized carbons (Fsp3) is 0.214. The van der Waals surface area contributed by atoms with Crippen molar-refractivity contribution in [1.82, 2.24) is 15.0 Å². The molecule has 37 heavy (non-hydrogen) atoms. The normalized spacial score (nSPS) is 12.6. The molecule has 9 heteroatoms. The molecule has 0 spiro atoms. The molecule has 0 bridgehead atoms. The van der Waals surface area contributed by atoms with Crippen molar-refractivity contribution in [3.63, 3.8) is 0 Å². The molecule has 0 saturated heterocycles. The number of rotatable bonds is 5. The van der Waals surface area contributed by atoms with Crippen LogP contribution in [0.15, 0.2) is 55.4 Å². The van der Waals surface area contributed by atoms with Crippen LogP contribution >= 0.6 is 0 Å². The van der Waals surface area contributed by atoms with Crippen LogP contribution in [-0.4, -0.2) is 20.9 Å². The number of aromatic nitrogens is 3. The molecule has 188 valence electrons. The standard InChI is InChI=1S/C18H17N5O.C10H9F2N/c1-2-16(24)22-13-7-4-8-14(9-13)23-18-15(10-19)17(20-11-21-18)12-5-3-6-12;1-5-3-8(11)10-7(9(5)12)4-6(2)13-10/h2,4,7-9,11-12H,1,3,5-6H2,(H,22,24)(H,20,21,23);3-4,13H,1-2H3. The number of amides is 1. The maximum absolute atomic E-state index is 13.4. The molecule has 0 unspecified atom stereocenters. The Hall–Kier alpha value is -4.58. The summed E-state index contributed by atoms with van der Waals surface area (Å²) in [4.78, 5) is 22.7. The SMILES string of the molecule is C=CC(=O)Nc1cccc(Nc2ncnc(C3CCC3)c2C#N)c1.Cc1cc2c(F)c(C)cc(F)c2[nH]1. The largest absolute Gasteiger partial charge is 0.356 e. The number of fused-ring (bicyclic) bond motifs is 1. The van der Waals surface area contributed by atoms with Crippen LogP contribution in [0, 0.1) is 36.8 Å². The average Bonchev–Trinajstić information content (AvgIpc) is 3.25. The minimum atomic E-state index is -0.401. The molecule has 0 radical (unpaired) electrons. The first-order valence-electron chi connectivity index (χ1n) is 11.8. The first-order chi connectivity index (χ1) is 17.8. The van der Waals surface area contributed by atoms with Gasteiger partial charge in [-0.1, -0.05) is 19.1 Å². The molecule has 1 aliphatic carbocycles. The van der Waals surface area contributed by atoms with Crippen LogP contribution in [-0.2, 0) is 4.79 Å². The van der Waals surface area contributed by atoms with Crippen molar-refractivity contribution >= 4 is 34.0 Å². The average molecular weight is 501 g/mol. The molecule has 1 saturated carbocycles. The molecule has 1 aliphatic rings. The Bertz CT molecular complexity index is 1520. The summed E-state index contributed by atoms with van der Waals surface area (Å²) in [5, 5.41) is 15.7. The number of anilines is 3. The molecule has 7 nitrogen and oxygen atoms in total. The maximum Gasteiger partial charge on any atom is 0.247 e. The molecule has 1 amide bonds. The van der Waals surface area contributed by atoms with Crippen molar-refractivity contribution in [1.29, 1.82) is 5.26 Å². The summed E-state index contributed by atoms with van der Waals surface area (Å²) in [6.07, 6.45) is 6.00. The van der Waals surface area contributed by atoms with Gasteiger partial charge in [-0.3, -0.25) is 4.79 Å². The first kappa shape index (κ1) is 25.5. The third kappa shape index (κ3) is 5.64. The summed E-state index contributed by atoms with van der Waals surface area (Å²) in [6.45, 7) is 6.76. The van der Waals surface area contributed by atoms with E-state index in [0.29, 0.717) is 33.9 Å². The van der Waals surface area contributed by atoms with Gasteiger partial charge in [0.25, 0.3) is 0 Å². The summed E-state index contributed by atoms with van der Waals surface area (Å²) in [5.74, 6) is -0.190. The van der Waals surface area contributed by atoms with Gasteiger partial charge in [0.15, 0.2) is 5.82 Å². The lowest BCUT2D eigenvalue weighted by Gasteiger charge is -2.25. The fourth-order valence-electron chi connectivity index (χ4n) is 4.09. The minimum absolute atomic E-state index is 0.251.